The van der Waals surface area contributed by atoms with Gasteiger partial charge in [0.15, 0.2) is 0 Å². The molecule has 0 unspecified atom stereocenters. The number of halogens is 1. The predicted molar refractivity (Wildman–Crippen MR) is 104 cm³/mol. The molecule has 1 heterocycles. The molecule has 0 bridgehead atoms. The minimum Gasteiger partial charge on any atom is -0.338 e. The number of hydrogen-bond donors (Lipinski definition) is 0. The van der Waals surface area contributed by atoms with Gasteiger partial charge in [0.25, 0.3) is 0 Å². The molecular formula is C21H23ClN2O2. The highest BCUT2D eigenvalue weighted by molar-refractivity contribution is 6.31. The van der Waals surface area contributed by atoms with Crippen LogP contribution in [0.25, 0.3) is 0 Å². The Morgan fingerprint density at radius 2 is 1.88 bits per heavy atom. The van der Waals surface area contributed by atoms with E-state index in [1.165, 1.54) is 0 Å². The lowest BCUT2D eigenvalue weighted by Gasteiger charge is -2.22. The molecule has 5 heteroatoms. The number of hydrogen-bond acceptors (Lipinski definition) is 2. The highest BCUT2D eigenvalue weighted by Crippen LogP contribution is 2.22. The van der Waals surface area contributed by atoms with Gasteiger partial charge in [-0.05, 0) is 42.7 Å². The van der Waals surface area contributed by atoms with Crippen molar-refractivity contribution in [3.8, 4) is 0 Å². The van der Waals surface area contributed by atoms with Gasteiger partial charge in [0.05, 0.1) is 6.42 Å². The van der Waals surface area contributed by atoms with Crippen LogP contribution in [0.15, 0.2) is 48.5 Å². The van der Waals surface area contributed by atoms with E-state index < -0.39 is 0 Å². The molecular weight excluding hydrogens is 348 g/mol. The van der Waals surface area contributed by atoms with Crippen LogP contribution in [0, 0.1) is 0 Å². The van der Waals surface area contributed by atoms with Gasteiger partial charge in [-0.15, -0.1) is 0 Å². The highest BCUT2D eigenvalue weighted by atomic mass is 35.5. The van der Waals surface area contributed by atoms with Crippen LogP contribution in [-0.2, 0) is 22.6 Å². The Balaban J connectivity index is 1.64. The molecule has 1 aliphatic heterocycles. The van der Waals surface area contributed by atoms with E-state index in [9.17, 15) is 9.59 Å². The molecule has 3 rings (SSSR count). The summed E-state index contributed by atoms with van der Waals surface area (Å²) < 4.78 is 0. The summed E-state index contributed by atoms with van der Waals surface area (Å²) in [7, 11) is 0. The van der Waals surface area contributed by atoms with Crippen molar-refractivity contribution in [2.24, 2.45) is 0 Å². The van der Waals surface area contributed by atoms with Gasteiger partial charge in [-0.1, -0.05) is 41.9 Å². The molecule has 1 saturated heterocycles. The average Bonchev–Trinajstić information content (AvgIpc) is 3.07. The van der Waals surface area contributed by atoms with Gasteiger partial charge in [0.2, 0.25) is 11.8 Å². The first-order valence-corrected chi connectivity index (χ1v) is 9.36. The third-order valence-corrected chi connectivity index (χ3v) is 5.10. The van der Waals surface area contributed by atoms with Crippen molar-refractivity contribution in [3.05, 3.63) is 64.7 Å². The summed E-state index contributed by atoms with van der Waals surface area (Å²) in [5, 5.41) is 0.679. The number of carbonyl (C=O) groups excluding carboxylic acids is 2. The predicted octanol–water partition coefficient (Wildman–Crippen LogP) is 4.06. The number of rotatable bonds is 6. The van der Waals surface area contributed by atoms with Crippen LogP contribution in [0.5, 0.6) is 0 Å². The molecule has 26 heavy (non-hydrogen) atoms. The molecule has 1 fully saturated rings. The molecule has 1 aliphatic rings. The van der Waals surface area contributed by atoms with Gasteiger partial charge >= 0.3 is 0 Å². The van der Waals surface area contributed by atoms with E-state index in [0.29, 0.717) is 31.0 Å². The summed E-state index contributed by atoms with van der Waals surface area (Å²) >= 11 is 6.21. The fraction of sp³-hybridized carbons (Fsp3) is 0.333. The van der Waals surface area contributed by atoms with E-state index in [4.69, 9.17) is 11.6 Å². The van der Waals surface area contributed by atoms with Gasteiger partial charge in [0.1, 0.15) is 0 Å². The van der Waals surface area contributed by atoms with Crippen LogP contribution < -0.4 is 4.90 Å². The van der Waals surface area contributed by atoms with E-state index >= 15 is 0 Å². The van der Waals surface area contributed by atoms with Gasteiger partial charge in [0, 0.05) is 36.8 Å². The maximum absolute atomic E-state index is 12.7. The van der Waals surface area contributed by atoms with Crippen molar-refractivity contribution < 1.29 is 9.59 Å². The summed E-state index contributed by atoms with van der Waals surface area (Å²) in [6.07, 6.45) is 1.87. The summed E-state index contributed by atoms with van der Waals surface area (Å²) in [6, 6.07) is 15.3. The van der Waals surface area contributed by atoms with Crippen molar-refractivity contribution in [1.29, 1.82) is 0 Å². The average molecular weight is 371 g/mol. The van der Waals surface area contributed by atoms with Crippen LogP contribution in [0.3, 0.4) is 0 Å². The Labute approximate surface area is 159 Å². The van der Waals surface area contributed by atoms with E-state index in [1.54, 1.807) is 9.80 Å². The zero-order chi connectivity index (χ0) is 18.5. The topological polar surface area (TPSA) is 40.6 Å². The van der Waals surface area contributed by atoms with Crippen LogP contribution in [0.2, 0.25) is 5.02 Å². The van der Waals surface area contributed by atoms with Crippen LogP contribution >= 0.6 is 11.6 Å². The highest BCUT2D eigenvalue weighted by Gasteiger charge is 2.21. The zero-order valence-corrected chi connectivity index (χ0v) is 15.7. The second-order valence-electron chi connectivity index (χ2n) is 6.49. The first-order chi connectivity index (χ1) is 12.6. The Morgan fingerprint density at radius 3 is 2.50 bits per heavy atom. The second kappa shape index (κ2) is 8.37. The van der Waals surface area contributed by atoms with E-state index in [-0.39, 0.29) is 11.8 Å². The Kier molecular flexibility index (Phi) is 5.94. The summed E-state index contributed by atoms with van der Waals surface area (Å²) in [6.45, 7) is 3.88. The quantitative estimate of drug-likeness (QED) is 0.769. The summed E-state index contributed by atoms with van der Waals surface area (Å²) in [5.74, 6) is 0.239. The molecule has 0 aromatic heterocycles. The third kappa shape index (κ3) is 4.25. The molecule has 136 valence electrons. The third-order valence-electron chi connectivity index (χ3n) is 4.73. The minimum atomic E-state index is 0.0671. The minimum absolute atomic E-state index is 0.0671. The van der Waals surface area contributed by atoms with E-state index in [2.05, 4.69) is 0 Å². The van der Waals surface area contributed by atoms with Crippen LogP contribution in [-0.4, -0.2) is 29.8 Å². The standard InChI is InChI=1S/C21H23ClN2O2/c1-2-23(15-17-6-3-4-7-19(17)22)21(26)14-16-9-11-18(12-10-16)24-13-5-8-20(24)25/h3-4,6-7,9-12H,2,5,8,13-15H2,1H3. The van der Waals surface area contributed by atoms with Crippen LogP contribution in [0.1, 0.15) is 30.9 Å². The SMILES string of the molecule is CCN(Cc1ccccc1Cl)C(=O)Cc1ccc(N2CCCC2=O)cc1. The van der Waals surface area contributed by atoms with Crippen LogP contribution in [0.4, 0.5) is 5.69 Å². The number of benzene rings is 2. The van der Waals surface area contributed by atoms with Crippen molar-refractivity contribution in [1.82, 2.24) is 4.90 Å². The molecule has 0 aliphatic carbocycles. The van der Waals surface area contributed by atoms with Gasteiger partial charge < -0.3 is 9.80 Å². The van der Waals surface area contributed by atoms with Crippen molar-refractivity contribution in [2.45, 2.75) is 32.7 Å². The smallest absolute Gasteiger partial charge is 0.227 e. The fourth-order valence-corrected chi connectivity index (χ4v) is 3.41. The fourth-order valence-electron chi connectivity index (χ4n) is 3.21. The number of anilines is 1. The van der Waals surface area contributed by atoms with Crippen molar-refractivity contribution in [2.75, 3.05) is 18.0 Å². The molecule has 0 N–H and O–H groups in total. The summed E-state index contributed by atoms with van der Waals surface area (Å²) in [5.41, 5.74) is 2.81. The molecule has 0 saturated carbocycles. The normalized spacial score (nSPS) is 13.9. The molecule has 2 amide bonds. The number of nitrogens with zero attached hydrogens (tertiary/aromatic N) is 2. The molecule has 0 radical (unpaired) electrons. The largest absolute Gasteiger partial charge is 0.338 e. The maximum atomic E-state index is 12.7. The van der Waals surface area contributed by atoms with Gasteiger partial charge in [-0.2, -0.15) is 0 Å². The molecule has 2 aromatic carbocycles. The monoisotopic (exact) mass is 370 g/mol. The van der Waals surface area contributed by atoms with Crippen molar-refractivity contribution >= 4 is 29.1 Å². The first-order valence-electron chi connectivity index (χ1n) is 8.99. The number of carbonyl (C=O) groups is 2. The second-order valence-corrected chi connectivity index (χ2v) is 6.90. The number of likely N-dealkylation sites (N-methyl/N-ethyl adjacent to an activating group) is 1. The lowest BCUT2D eigenvalue weighted by molar-refractivity contribution is -0.130. The first kappa shape index (κ1) is 18.5. The van der Waals surface area contributed by atoms with Crippen molar-refractivity contribution in [3.63, 3.8) is 0 Å². The number of amides is 2. The Hall–Kier alpha value is -2.33. The maximum Gasteiger partial charge on any atom is 0.227 e. The van der Waals surface area contributed by atoms with Gasteiger partial charge in [-0.3, -0.25) is 9.59 Å². The van der Waals surface area contributed by atoms with E-state index in [0.717, 1.165) is 29.8 Å². The molecule has 0 atom stereocenters. The lowest BCUT2D eigenvalue weighted by Crippen LogP contribution is -2.31. The molecule has 0 spiro atoms. The molecule has 4 nitrogen and oxygen atoms in total. The lowest BCUT2D eigenvalue weighted by atomic mass is 10.1. The van der Waals surface area contributed by atoms with Gasteiger partial charge in [-0.25, -0.2) is 0 Å². The van der Waals surface area contributed by atoms with E-state index in [1.807, 2.05) is 55.5 Å². The Bertz CT molecular complexity index is 789. The summed E-state index contributed by atoms with van der Waals surface area (Å²) in [4.78, 5) is 28.1. The zero-order valence-electron chi connectivity index (χ0n) is 15.0. The molecule has 2 aromatic rings. The Morgan fingerprint density at radius 1 is 1.15 bits per heavy atom.